The maximum absolute atomic E-state index is 11.9. The fourth-order valence-electron chi connectivity index (χ4n) is 1.07. The summed E-state index contributed by atoms with van der Waals surface area (Å²) in [6, 6.07) is 4.08. The van der Waals surface area contributed by atoms with Gasteiger partial charge in [0.2, 0.25) is 0 Å². The van der Waals surface area contributed by atoms with Crippen molar-refractivity contribution in [1.29, 1.82) is 0 Å². The number of hydrogen-bond acceptors (Lipinski definition) is 3. The van der Waals surface area contributed by atoms with Gasteiger partial charge in [-0.2, -0.15) is 0 Å². The molecule has 0 N–H and O–H groups in total. The van der Waals surface area contributed by atoms with Crippen LogP contribution in [0.3, 0.4) is 0 Å². The molecule has 2 rings (SSSR count). The molecule has 0 amide bonds. The third-order valence-electron chi connectivity index (χ3n) is 1.55. The first-order valence-corrected chi connectivity index (χ1v) is 3.64. The number of oxazole rings is 1. The Morgan fingerprint density at radius 3 is 2.79 bits per heavy atom. The summed E-state index contributed by atoms with van der Waals surface area (Å²) in [5, 5.41) is 0. The van der Waals surface area contributed by atoms with Gasteiger partial charge in [-0.05, 0) is 12.1 Å². The third-order valence-corrected chi connectivity index (χ3v) is 1.55. The van der Waals surface area contributed by atoms with E-state index < -0.39 is 6.36 Å². The summed E-state index contributed by atoms with van der Waals surface area (Å²) in [6.45, 7) is 0. The smallest absolute Gasteiger partial charge is 0.443 e. The Bertz CT molecular complexity index is 449. The van der Waals surface area contributed by atoms with E-state index in [1.807, 2.05) is 0 Å². The molecule has 3 nitrogen and oxygen atoms in total. The van der Waals surface area contributed by atoms with Crippen molar-refractivity contribution in [2.24, 2.45) is 0 Å². The molecule has 1 heterocycles. The average Bonchev–Trinajstić information content (AvgIpc) is 2.49. The van der Waals surface area contributed by atoms with Gasteiger partial charge in [-0.15, -0.1) is 13.2 Å². The van der Waals surface area contributed by atoms with Gasteiger partial charge in [-0.1, -0.05) is 6.07 Å². The van der Waals surface area contributed by atoms with Gasteiger partial charge in [0.05, 0.1) is 0 Å². The number of halogens is 3. The largest absolute Gasteiger partial charge is 0.573 e. The number of fused-ring (bicyclic) bond motifs is 1. The van der Waals surface area contributed by atoms with Crippen LogP contribution in [-0.2, 0) is 0 Å². The van der Waals surface area contributed by atoms with E-state index in [2.05, 4.69) is 9.72 Å². The molecule has 0 aliphatic heterocycles. The normalized spacial score (nSPS) is 11.9. The van der Waals surface area contributed by atoms with E-state index in [-0.39, 0.29) is 16.8 Å². The Labute approximate surface area is 76.1 Å². The highest BCUT2D eigenvalue weighted by atomic mass is 19.4. The highest BCUT2D eigenvalue weighted by molar-refractivity contribution is 5.79. The Hall–Kier alpha value is -1.72. The zero-order chi connectivity index (χ0) is 10.2. The van der Waals surface area contributed by atoms with E-state index in [0.29, 0.717) is 0 Å². The lowest BCUT2D eigenvalue weighted by Crippen LogP contribution is -2.17. The Morgan fingerprint density at radius 2 is 2.07 bits per heavy atom. The molecule has 6 heteroatoms. The van der Waals surface area contributed by atoms with Crippen LogP contribution in [0.2, 0.25) is 0 Å². The molecule has 0 radical (unpaired) electrons. The molecule has 0 saturated heterocycles. The predicted octanol–water partition coefficient (Wildman–Crippen LogP) is 2.73. The molecule has 0 unspecified atom stereocenters. The summed E-state index contributed by atoms with van der Waals surface area (Å²) < 4.78 is 44.3. The summed E-state index contributed by atoms with van der Waals surface area (Å²) in [6.07, 6.45) is -3.65. The van der Waals surface area contributed by atoms with Crippen LogP contribution in [0.4, 0.5) is 13.2 Å². The Balaban J connectivity index is 2.46. The van der Waals surface area contributed by atoms with E-state index in [1.54, 1.807) is 0 Å². The SMILES string of the molecule is FC(F)(F)Oc1cccc2ocnc12. The molecular formula is C8H4F3NO2. The van der Waals surface area contributed by atoms with E-state index in [0.717, 1.165) is 6.39 Å². The molecule has 0 bridgehead atoms. The fourth-order valence-corrected chi connectivity index (χ4v) is 1.07. The van der Waals surface area contributed by atoms with Gasteiger partial charge in [0.15, 0.2) is 23.2 Å². The molecule has 0 atom stereocenters. The third kappa shape index (κ3) is 1.63. The van der Waals surface area contributed by atoms with E-state index in [9.17, 15) is 13.2 Å². The molecule has 0 fully saturated rings. The summed E-state index contributed by atoms with van der Waals surface area (Å²) in [4.78, 5) is 3.61. The number of ether oxygens (including phenoxy) is 1. The van der Waals surface area contributed by atoms with Crippen molar-refractivity contribution in [3.8, 4) is 5.75 Å². The zero-order valence-electron chi connectivity index (χ0n) is 6.71. The number of rotatable bonds is 1. The molecule has 1 aromatic heterocycles. The Kier molecular flexibility index (Phi) is 1.83. The number of nitrogens with zero attached hydrogens (tertiary/aromatic N) is 1. The summed E-state index contributed by atoms with van der Waals surface area (Å²) >= 11 is 0. The van der Waals surface area contributed by atoms with Crippen LogP contribution in [0.5, 0.6) is 5.75 Å². The highest BCUT2D eigenvalue weighted by Gasteiger charge is 2.32. The lowest BCUT2D eigenvalue weighted by Gasteiger charge is -2.07. The van der Waals surface area contributed by atoms with Crippen LogP contribution in [0.15, 0.2) is 29.0 Å². The molecule has 14 heavy (non-hydrogen) atoms. The maximum atomic E-state index is 11.9. The molecule has 0 saturated carbocycles. The van der Waals surface area contributed by atoms with Crippen molar-refractivity contribution in [3.05, 3.63) is 24.6 Å². The molecule has 1 aromatic carbocycles. The quantitative estimate of drug-likeness (QED) is 0.714. The van der Waals surface area contributed by atoms with Gasteiger partial charge in [0, 0.05) is 0 Å². The number of para-hydroxylation sites is 1. The zero-order valence-corrected chi connectivity index (χ0v) is 6.71. The van der Waals surface area contributed by atoms with Crippen LogP contribution in [0, 0.1) is 0 Å². The van der Waals surface area contributed by atoms with Crippen molar-refractivity contribution < 1.29 is 22.3 Å². The summed E-state index contributed by atoms with van der Waals surface area (Å²) in [5.74, 6) is -0.358. The molecule has 74 valence electrons. The first kappa shape index (κ1) is 8.86. The average molecular weight is 203 g/mol. The van der Waals surface area contributed by atoms with E-state index >= 15 is 0 Å². The van der Waals surface area contributed by atoms with Crippen LogP contribution < -0.4 is 4.74 Å². The van der Waals surface area contributed by atoms with Gasteiger partial charge in [0.1, 0.15) is 0 Å². The standard InChI is InChI=1S/C8H4F3NO2/c9-8(10,11)14-6-3-1-2-5-7(6)12-4-13-5/h1-4H. The van der Waals surface area contributed by atoms with Crippen molar-refractivity contribution in [2.45, 2.75) is 6.36 Å². The molecule has 2 aromatic rings. The van der Waals surface area contributed by atoms with Crippen molar-refractivity contribution in [2.75, 3.05) is 0 Å². The first-order chi connectivity index (χ1) is 6.56. The summed E-state index contributed by atoms with van der Waals surface area (Å²) in [7, 11) is 0. The van der Waals surface area contributed by atoms with Crippen LogP contribution in [0.25, 0.3) is 11.1 Å². The lowest BCUT2D eigenvalue weighted by molar-refractivity contribution is -0.274. The Morgan fingerprint density at radius 1 is 1.29 bits per heavy atom. The van der Waals surface area contributed by atoms with Gasteiger partial charge < -0.3 is 9.15 Å². The monoisotopic (exact) mass is 203 g/mol. The van der Waals surface area contributed by atoms with Crippen LogP contribution in [-0.4, -0.2) is 11.3 Å². The second-order valence-corrected chi connectivity index (χ2v) is 2.50. The number of hydrogen-bond donors (Lipinski definition) is 0. The van der Waals surface area contributed by atoms with Crippen molar-refractivity contribution in [1.82, 2.24) is 4.98 Å². The van der Waals surface area contributed by atoms with Gasteiger partial charge in [-0.25, -0.2) is 4.98 Å². The minimum Gasteiger partial charge on any atom is -0.443 e. The first-order valence-electron chi connectivity index (χ1n) is 3.64. The molecular weight excluding hydrogens is 199 g/mol. The van der Waals surface area contributed by atoms with Crippen molar-refractivity contribution in [3.63, 3.8) is 0 Å². The predicted molar refractivity (Wildman–Crippen MR) is 40.7 cm³/mol. The van der Waals surface area contributed by atoms with Crippen molar-refractivity contribution >= 4 is 11.1 Å². The topological polar surface area (TPSA) is 35.3 Å². The number of alkyl halides is 3. The second kappa shape index (κ2) is 2.90. The minimum atomic E-state index is -4.72. The summed E-state index contributed by atoms with van der Waals surface area (Å²) in [5.41, 5.74) is 0.316. The highest BCUT2D eigenvalue weighted by Crippen LogP contribution is 2.29. The second-order valence-electron chi connectivity index (χ2n) is 2.50. The number of benzene rings is 1. The number of aromatic nitrogens is 1. The molecule has 0 aliphatic rings. The maximum Gasteiger partial charge on any atom is 0.573 e. The lowest BCUT2D eigenvalue weighted by atomic mass is 10.3. The molecule has 0 spiro atoms. The minimum absolute atomic E-state index is 0.0600. The van der Waals surface area contributed by atoms with Gasteiger partial charge >= 0.3 is 6.36 Å². The van der Waals surface area contributed by atoms with E-state index in [1.165, 1.54) is 18.2 Å². The van der Waals surface area contributed by atoms with Gasteiger partial charge in [-0.3, -0.25) is 0 Å². The van der Waals surface area contributed by atoms with Gasteiger partial charge in [0.25, 0.3) is 0 Å². The fraction of sp³-hybridized carbons (Fsp3) is 0.125. The van der Waals surface area contributed by atoms with E-state index in [4.69, 9.17) is 4.42 Å². The molecule has 0 aliphatic carbocycles. The van der Waals surface area contributed by atoms with Crippen LogP contribution in [0.1, 0.15) is 0 Å². The van der Waals surface area contributed by atoms with Crippen LogP contribution >= 0.6 is 0 Å².